The van der Waals surface area contributed by atoms with Gasteiger partial charge in [0, 0.05) is 26.2 Å². The Morgan fingerprint density at radius 2 is 1.86 bits per heavy atom. The van der Waals surface area contributed by atoms with Crippen LogP contribution in [-0.2, 0) is 25.7 Å². The molecule has 1 unspecified atom stereocenters. The van der Waals surface area contributed by atoms with Gasteiger partial charge < -0.3 is 30.3 Å². The van der Waals surface area contributed by atoms with Gasteiger partial charge in [-0.3, -0.25) is 28.8 Å². The fourth-order valence-electron chi connectivity index (χ4n) is 3.38. The van der Waals surface area contributed by atoms with Gasteiger partial charge in [-0.25, -0.2) is 4.98 Å². The number of hydrogen-bond acceptors (Lipinski definition) is 8. The maximum Gasteiger partial charge on any atom is 0.289 e. The molecule has 2 rings (SSSR count). The van der Waals surface area contributed by atoms with Crippen LogP contribution in [0.25, 0.3) is 0 Å². The number of nitrogens with zero attached hydrogens (tertiary/aromatic N) is 2. The molecule has 0 bridgehead atoms. The number of hydrogen-bond donors (Lipinski definition) is 4. The molecule has 2 heterocycles. The molecule has 0 saturated heterocycles. The van der Waals surface area contributed by atoms with E-state index in [0.717, 1.165) is 30.0 Å². The lowest BCUT2D eigenvalue weighted by atomic mass is 10.0. The Morgan fingerprint density at radius 3 is 2.49 bits per heavy atom. The predicted octanol–water partition coefficient (Wildman–Crippen LogP) is 0.221. The second-order valence-electron chi connectivity index (χ2n) is 8.26. The molecule has 4 amide bonds. The van der Waals surface area contributed by atoms with Gasteiger partial charge in [-0.2, -0.15) is 0 Å². The Labute approximate surface area is 213 Å². The van der Waals surface area contributed by atoms with E-state index in [4.69, 9.17) is 4.42 Å². The summed E-state index contributed by atoms with van der Waals surface area (Å²) in [6.45, 7) is 4.33. The zero-order valence-corrected chi connectivity index (χ0v) is 21.0. The molecule has 13 heteroatoms. The molecule has 1 atom stereocenters. The third kappa shape index (κ3) is 8.70. The van der Waals surface area contributed by atoms with Crippen LogP contribution in [0.1, 0.15) is 50.1 Å². The first kappa shape index (κ1) is 28.9. The van der Waals surface area contributed by atoms with Crippen molar-refractivity contribution in [2.24, 2.45) is 5.92 Å². The topological polar surface area (TPSA) is 182 Å². The smallest absolute Gasteiger partial charge is 0.289 e. The molecule has 0 spiro atoms. The van der Waals surface area contributed by atoms with Gasteiger partial charge in [0.05, 0.1) is 6.20 Å². The summed E-state index contributed by atoms with van der Waals surface area (Å²) in [7, 11) is 1.29. The monoisotopic (exact) mass is 516 g/mol. The second-order valence-corrected chi connectivity index (χ2v) is 8.26. The Morgan fingerprint density at radius 1 is 1.14 bits per heavy atom. The molecule has 0 aliphatic heterocycles. The summed E-state index contributed by atoms with van der Waals surface area (Å²) in [5.41, 5.74) is -0.757. The molecule has 0 aromatic carbocycles. The molecule has 4 N–H and O–H groups in total. The molecule has 0 aliphatic rings. The zero-order chi connectivity index (χ0) is 27.4. The molecule has 0 saturated carbocycles. The van der Waals surface area contributed by atoms with Crippen LogP contribution >= 0.6 is 0 Å². The first-order valence-corrected chi connectivity index (χ1v) is 11.9. The van der Waals surface area contributed by atoms with Crippen LogP contribution in [-0.4, -0.2) is 58.6 Å². The molecule has 2 aromatic heterocycles. The SMILES string of the molecule is CCC(CC)CNC(=O)Cn1cccc(NC(=O)C(CCC(=O)C(=O)NC)NC(=O)c2cnco2)c1=O. The van der Waals surface area contributed by atoms with Gasteiger partial charge in [-0.05, 0) is 24.5 Å². The van der Waals surface area contributed by atoms with Crippen LogP contribution in [0.15, 0.2) is 40.1 Å². The molecule has 200 valence electrons. The Kier molecular flexibility index (Phi) is 11.2. The maximum absolute atomic E-state index is 13.0. The number of nitrogens with one attached hydrogen (secondary N) is 4. The van der Waals surface area contributed by atoms with Gasteiger partial charge in [-0.1, -0.05) is 26.7 Å². The molecular formula is C24H32N6O7. The van der Waals surface area contributed by atoms with Crippen molar-refractivity contribution in [1.82, 2.24) is 25.5 Å². The van der Waals surface area contributed by atoms with Gasteiger partial charge >= 0.3 is 0 Å². The molecule has 37 heavy (non-hydrogen) atoms. The zero-order valence-electron chi connectivity index (χ0n) is 21.0. The highest BCUT2D eigenvalue weighted by Gasteiger charge is 2.26. The van der Waals surface area contributed by atoms with E-state index in [-0.39, 0.29) is 36.7 Å². The highest BCUT2D eigenvalue weighted by atomic mass is 16.3. The van der Waals surface area contributed by atoms with Crippen molar-refractivity contribution in [3.8, 4) is 0 Å². The van der Waals surface area contributed by atoms with Crippen LogP contribution in [0.4, 0.5) is 5.69 Å². The van der Waals surface area contributed by atoms with E-state index in [1.807, 2.05) is 13.8 Å². The van der Waals surface area contributed by atoms with E-state index in [0.29, 0.717) is 12.5 Å². The van der Waals surface area contributed by atoms with E-state index < -0.39 is 35.1 Å². The summed E-state index contributed by atoms with van der Waals surface area (Å²) in [5.74, 6) is -3.37. The van der Waals surface area contributed by atoms with Crippen molar-refractivity contribution in [2.45, 2.75) is 52.1 Å². The fraction of sp³-hybridized carbons (Fsp3) is 0.458. The summed E-state index contributed by atoms with van der Waals surface area (Å²) in [4.78, 5) is 77.7. The fourth-order valence-corrected chi connectivity index (χ4v) is 3.38. The van der Waals surface area contributed by atoms with E-state index in [2.05, 4.69) is 26.3 Å². The summed E-state index contributed by atoms with van der Waals surface area (Å²) < 4.78 is 6.07. The minimum absolute atomic E-state index is 0.128. The maximum atomic E-state index is 13.0. The minimum atomic E-state index is -1.29. The number of aromatic nitrogens is 2. The van der Waals surface area contributed by atoms with Crippen molar-refractivity contribution in [3.63, 3.8) is 0 Å². The number of ketones is 1. The standard InChI is InChI=1S/C24H32N6O7/c1-4-15(5-2)11-27-20(32)13-30-10-6-7-17(24(30)36)29-21(33)16(8-9-18(31)22(34)25-3)28-23(35)19-12-26-14-37-19/h6-7,10,12,14-16H,4-5,8-9,11,13H2,1-3H3,(H,25,34)(H,27,32)(H,28,35)(H,29,33). The number of amides is 4. The normalized spacial score (nSPS) is 11.5. The molecule has 0 radical (unpaired) electrons. The third-order valence-corrected chi connectivity index (χ3v) is 5.75. The van der Waals surface area contributed by atoms with E-state index in [1.54, 1.807) is 0 Å². The molecule has 0 aliphatic carbocycles. The number of rotatable bonds is 14. The summed E-state index contributed by atoms with van der Waals surface area (Å²) in [6.07, 6.45) is 4.86. The van der Waals surface area contributed by atoms with Crippen LogP contribution < -0.4 is 26.8 Å². The summed E-state index contributed by atoms with van der Waals surface area (Å²) in [6, 6.07) is 1.55. The van der Waals surface area contributed by atoms with Crippen molar-refractivity contribution < 1.29 is 28.4 Å². The van der Waals surface area contributed by atoms with Crippen molar-refractivity contribution in [2.75, 3.05) is 18.9 Å². The van der Waals surface area contributed by atoms with Crippen LogP contribution in [0.2, 0.25) is 0 Å². The largest absolute Gasteiger partial charge is 0.438 e. The molecular weight excluding hydrogens is 484 g/mol. The van der Waals surface area contributed by atoms with Crippen LogP contribution in [0.5, 0.6) is 0 Å². The van der Waals surface area contributed by atoms with E-state index in [9.17, 15) is 28.8 Å². The van der Waals surface area contributed by atoms with E-state index >= 15 is 0 Å². The number of carbonyl (C=O) groups excluding carboxylic acids is 5. The predicted molar refractivity (Wildman–Crippen MR) is 132 cm³/mol. The average Bonchev–Trinajstić information content (AvgIpc) is 3.44. The lowest BCUT2D eigenvalue weighted by molar-refractivity contribution is -0.137. The van der Waals surface area contributed by atoms with Gasteiger partial charge in [0.25, 0.3) is 17.4 Å². The first-order chi connectivity index (χ1) is 17.7. The second kappa shape index (κ2) is 14.3. The quantitative estimate of drug-likeness (QED) is 0.257. The van der Waals surface area contributed by atoms with Crippen molar-refractivity contribution in [3.05, 3.63) is 47.0 Å². The van der Waals surface area contributed by atoms with E-state index in [1.165, 1.54) is 25.4 Å². The number of carbonyl (C=O) groups is 5. The lowest BCUT2D eigenvalue weighted by Gasteiger charge is -2.18. The molecule has 2 aromatic rings. The Balaban J connectivity index is 2.13. The number of likely N-dealkylation sites (N-methyl/N-ethyl adjacent to an activating group) is 1. The molecule has 0 fully saturated rings. The Hall–Kier alpha value is -4.29. The highest BCUT2D eigenvalue weighted by Crippen LogP contribution is 2.08. The van der Waals surface area contributed by atoms with Gasteiger partial charge in [0.2, 0.25) is 23.4 Å². The summed E-state index contributed by atoms with van der Waals surface area (Å²) in [5, 5.41) is 9.85. The number of anilines is 1. The highest BCUT2D eigenvalue weighted by molar-refractivity contribution is 6.36. The number of pyridine rings is 1. The van der Waals surface area contributed by atoms with Crippen LogP contribution in [0.3, 0.4) is 0 Å². The minimum Gasteiger partial charge on any atom is -0.438 e. The Bertz CT molecular complexity index is 1150. The van der Waals surface area contributed by atoms with Crippen molar-refractivity contribution >= 4 is 35.1 Å². The molecule has 13 nitrogen and oxygen atoms in total. The van der Waals surface area contributed by atoms with Crippen LogP contribution in [0, 0.1) is 5.92 Å². The lowest BCUT2D eigenvalue weighted by Crippen LogP contribution is -2.45. The average molecular weight is 517 g/mol. The van der Waals surface area contributed by atoms with Gasteiger partial charge in [0.15, 0.2) is 6.39 Å². The number of oxazole rings is 1. The third-order valence-electron chi connectivity index (χ3n) is 5.75. The van der Waals surface area contributed by atoms with Gasteiger partial charge in [-0.15, -0.1) is 0 Å². The number of Topliss-reactive ketones (excluding diaryl/α,β-unsaturated/α-hetero) is 1. The van der Waals surface area contributed by atoms with Crippen molar-refractivity contribution in [1.29, 1.82) is 0 Å². The first-order valence-electron chi connectivity index (χ1n) is 11.9. The van der Waals surface area contributed by atoms with Gasteiger partial charge in [0.1, 0.15) is 18.3 Å². The summed E-state index contributed by atoms with van der Waals surface area (Å²) >= 11 is 0.